The van der Waals surface area contributed by atoms with Crippen molar-refractivity contribution in [3.05, 3.63) is 34.1 Å². The highest BCUT2D eigenvalue weighted by Gasteiger charge is 2.11. The largest absolute Gasteiger partial charge is 0.356 e. The summed E-state index contributed by atoms with van der Waals surface area (Å²) in [5.41, 5.74) is 0.607. The first-order chi connectivity index (χ1) is 9.40. The molecule has 0 radical (unpaired) electrons. The SMILES string of the molecule is CC(C)CNC(=O)CCNC(C)c1ccc(Br)cc1F. The Bertz CT molecular complexity index is 451. The average Bonchev–Trinajstić information content (AvgIpc) is 2.36. The number of hydrogen-bond acceptors (Lipinski definition) is 2. The Balaban J connectivity index is 2.36. The van der Waals surface area contributed by atoms with Gasteiger partial charge in [0.15, 0.2) is 0 Å². The minimum absolute atomic E-state index is 0.0229. The molecule has 1 unspecified atom stereocenters. The highest BCUT2D eigenvalue weighted by atomic mass is 79.9. The second kappa shape index (κ2) is 8.37. The van der Waals surface area contributed by atoms with Gasteiger partial charge in [0.1, 0.15) is 5.82 Å². The number of benzene rings is 1. The van der Waals surface area contributed by atoms with Crippen LogP contribution < -0.4 is 10.6 Å². The minimum Gasteiger partial charge on any atom is -0.356 e. The smallest absolute Gasteiger partial charge is 0.221 e. The molecule has 1 aromatic carbocycles. The molecule has 5 heteroatoms. The van der Waals surface area contributed by atoms with Gasteiger partial charge in [0.2, 0.25) is 5.91 Å². The lowest BCUT2D eigenvalue weighted by atomic mass is 10.1. The van der Waals surface area contributed by atoms with Crippen molar-refractivity contribution in [3.63, 3.8) is 0 Å². The molecule has 1 amide bonds. The molecule has 0 spiro atoms. The van der Waals surface area contributed by atoms with Crippen molar-refractivity contribution in [2.45, 2.75) is 33.2 Å². The van der Waals surface area contributed by atoms with E-state index in [4.69, 9.17) is 0 Å². The van der Waals surface area contributed by atoms with Crippen molar-refractivity contribution in [2.75, 3.05) is 13.1 Å². The average molecular weight is 345 g/mol. The number of nitrogens with one attached hydrogen (secondary N) is 2. The second-order valence-electron chi connectivity index (χ2n) is 5.29. The van der Waals surface area contributed by atoms with Gasteiger partial charge in [0.05, 0.1) is 0 Å². The van der Waals surface area contributed by atoms with Crippen LogP contribution in [-0.2, 0) is 4.79 Å². The van der Waals surface area contributed by atoms with Crippen LogP contribution in [0.25, 0.3) is 0 Å². The first-order valence-electron chi connectivity index (χ1n) is 6.85. The third-order valence-electron chi connectivity index (χ3n) is 2.94. The molecule has 1 rings (SSSR count). The van der Waals surface area contributed by atoms with Crippen LogP contribution in [0.5, 0.6) is 0 Å². The third kappa shape index (κ3) is 6.01. The number of rotatable bonds is 7. The highest BCUT2D eigenvalue weighted by molar-refractivity contribution is 9.10. The molecule has 20 heavy (non-hydrogen) atoms. The van der Waals surface area contributed by atoms with Crippen LogP contribution in [0.1, 0.15) is 38.8 Å². The first-order valence-corrected chi connectivity index (χ1v) is 7.64. The van der Waals surface area contributed by atoms with Gasteiger partial charge < -0.3 is 10.6 Å². The highest BCUT2D eigenvalue weighted by Crippen LogP contribution is 2.20. The van der Waals surface area contributed by atoms with Gasteiger partial charge in [-0.15, -0.1) is 0 Å². The van der Waals surface area contributed by atoms with E-state index in [2.05, 4.69) is 40.4 Å². The van der Waals surface area contributed by atoms with E-state index in [0.29, 0.717) is 31.0 Å². The quantitative estimate of drug-likeness (QED) is 0.795. The van der Waals surface area contributed by atoms with Gasteiger partial charge in [-0.3, -0.25) is 4.79 Å². The summed E-state index contributed by atoms with van der Waals surface area (Å²) >= 11 is 3.23. The summed E-state index contributed by atoms with van der Waals surface area (Å²) in [6.07, 6.45) is 0.398. The van der Waals surface area contributed by atoms with Crippen LogP contribution >= 0.6 is 15.9 Å². The molecule has 1 aromatic rings. The van der Waals surface area contributed by atoms with E-state index in [1.807, 2.05) is 13.0 Å². The lowest BCUT2D eigenvalue weighted by Crippen LogP contribution is -2.31. The summed E-state index contributed by atoms with van der Waals surface area (Å²) in [5.74, 6) is 0.223. The lowest BCUT2D eigenvalue weighted by Gasteiger charge is -2.15. The number of amides is 1. The number of carbonyl (C=O) groups is 1. The van der Waals surface area contributed by atoms with E-state index in [9.17, 15) is 9.18 Å². The molecule has 0 aliphatic rings. The van der Waals surface area contributed by atoms with Crippen molar-refractivity contribution in [1.82, 2.24) is 10.6 Å². The maximum atomic E-state index is 13.7. The molecule has 0 heterocycles. The van der Waals surface area contributed by atoms with Crippen LogP contribution in [-0.4, -0.2) is 19.0 Å². The maximum absolute atomic E-state index is 13.7. The third-order valence-corrected chi connectivity index (χ3v) is 3.43. The van der Waals surface area contributed by atoms with E-state index >= 15 is 0 Å². The number of hydrogen-bond donors (Lipinski definition) is 2. The first kappa shape index (κ1) is 17.1. The van der Waals surface area contributed by atoms with Gasteiger partial charge in [-0.05, 0) is 25.0 Å². The molecule has 112 valence electrons. The fraction of sp³-hybridized carbons (Fsp3) is 0.533. The monoisotopic (exact) mass is 344 g/mol. The predicted molar refractivity (Wildman–Crippen MR) is 83.0 cm³/mol. The van der Waals surface area contributed by atoms with Crippen molar-refractivity contribution < 1.29 is 9.18 Å². The van der Waals surface area contributed by atoms with Crippen LogP contribution in [0, 0.1) is 11.7 Å². The van der Waals surface area contributed by atoms with Gasteiger partial charge >= 0.3 is 0 Å². The van der Waals surface area contributed by atoms with E-state index in [1.54, 1.807) is 6.07 Å². The Morgan fingerprint density at radius 3 is 2.65 bits per heavy atom. The summed E-state index contributed by atoms with van der Waals surface area (Å²) in [5, 5.41) is 6.02. The summed E-state index contributed by atoms with van der Waals surface area (Å²) < 4.78 is 14.5. The van der Waals surface area contributed by atoms with Gasteiger partial charge in [-0.25, -0.2) is 4.39 Å². The standard InChI is InChI=1S/C15H22BrFN2O/c1-10(2)9-19-15(20)6-7-18-11(3)13-5-4-12(16)8-14(13)17/h4-5,8,10-11,18H,6-7,9H2,1-3H3,(H,19,20). The number of halogens is 2. The topological polar surface area (TPSA) is 41.1 Å². The molecular weight excluding hydrogens is 323 g/mol. The fourth-order valence-corrected chi connectivity index (χ4v) is 2.10. The van der Waals surface area contributed by atoms with Crippen LogP contribution in [0.2, 0.25) is 0 Å². The van der Waals surface area contributed by atoms with Gasteiger partial charge in [-0.2, -0.15) is 0 Å². The van der Waals surface area contributed by atoms with Gasteiger partial charge in [0.25, 0.3) is 0 Å². The zero-order valence-electron chi connectivity index (χ0n) is 12.2. The van der Waals surface area contributed by atoms with Crippen LogP contribution in [0.15, 0.2) is 22.7 Å². The molecule has 0 aliphatic heterocycles. The summed E-state index contributed by atoms with van der Waals surface area (Å²) in [6, 6.07) is 4.88. The van der Waals surface area contributed by atoms with Gasteiger partial charge in [-0.1, -0.05) is 35.8 Å². The maximum Gasteiger partial charge on any atom is 0.221 e. The van der Waals surface area contributed by atoms with E-state index in [1.165, 1.54) is 6.07 Å². The second-order valence-corrected chi connectivity index (χ2v) is 6.21. The van der Waals surface area contributed by atoms with Gasteiger partial charge in [0, 0.05) is 35.6 Å². The zero-order chi connectivity index (χ0) is 15.1. The molecule has 0 fully saturated rings. The molecular formula is C15H22BrFN2O. The van der Waals surface area contributed by atoms with Crippen molar-refractivity contribution in [2.24, 2.45) is 5.92 Å². The van der Waals surface area contributed by atoms with E-state index in [0.717, 1.165) is 4.47 Å². The lowest BCUT2D eigenvalue weighted by molar-refractivity contribution is -0.121. The Kier molecular flexibility index (Phi) is 7.16. The Hall–Kier alpha value is -0.940. The van der Waals surface area contributed by atoms with Crippen LogP contribution in [0.3, 0.4) is 0 Å². The van der Waals surface area contributed by atoms with E-state index < -0.39 is 0 Å². The van der Waals surface area contributed by atoms with Crippen LogP contribution in [0.4, 0.5) is 4.39 Å². The molecule has 2 N–H and O–H groups in total. The zero-order valence-corrected chi connectivity index (χ0v) is 13.8. The summed E-state index contributed by atoms with van der Waals surface area (Å²) in [4.78, 5) is 11.5. The summed E-state index contributed by atoms with van der Waals surface area (Å²) in [7, 11) is 0. The Labute approximate surface area is 128 Å². The molecule has 3 nitrogen and oxygen atoms in total. The molecule has 1 atom stereocenters. The Morgan fingerprint density at radius 1 is 1.35 bits per heavy atom. The normalized spacial score (nSPS) is 12.5. The molecule has 0 aromatic heterocycles. The van der Waals surface area contributed by atoms with Crippen molar-refractivity contribution in [3.8, 4) is 0 Å². The Morgan fingerprint density at radius 2 is 2.05 bits per heavy atom. The molecule has 0 saturated carbocycles. The molecule has 0 bridgehead atoms. The predicted octanol–water partition coefficient (Wildman–Crippen LogP) is 3.40. The summed E-state index contributed by atoms with van der Waals surface area (Å²) in [6.45, 7) is 7.21. The fourth-order valence-electron chi connectivity index (χ4n) is 1.77. The molecule has 0 aliphatic carbocycles. The number of carbonyl (C=O) groups excluding carboxylic acids is 1. The van der Waals surface area contributed by atoms with E-state index in [-0.39, 0.29) is 17.8 Å². The minimum atomic E-state index is -0.247. The van der Waals surface area contributed by atoms with Crippen molar-refractivity contribution >= 4 is 21.8 Å². The van der Waals surface area contributed by atoms with Crippen molar-refractivity contribution in [1.29, 1.82) is 0 Å². The molecule has 0 saturated heterocycles.